The van der Waals surface area contributed by atoms with Gasteiger partial charge in [0.25, 0.3) is 0 Å². The van der Waals surface area contributed by atoms with Gasteiger partial charge in [0.1, 0.15) is 17.6 Å². The number of aromatic nitrogens is 1. The molecule has 7 heteroatoms. The first-order valence-electron chi connectivity index (χ1n) is 9.51. The number of benzene rings is 1. The van der Waals surface area contributed by atoms with Crippen molar-refractivity contribution in [3.63, 3.8) is 0 Å². The number of hydrogen-bond donors (Lipinski definition) is 1. The molecule has 1 N–H and O–H groups in total. The second-order valence-corrected chi connectivity index (χ2v) is 8.16. The first-order valence-corrected chi connectivity index (χ1v) is 10.3. The van der Waals surface area contributed by atoms with Crippen molar-refractivity contribution in [2.75, 3.05) is 27.2 Å². The smallest absolute Gasteiger partial charge is 0.170 e. The van der Waals surface area contributed by atoms with Crippen LogP contribution in [0.3, 0.4) is 0 Å². The van der Waals surface area contributed by atoms with Crippen molar-refractivity contribution in [1.29, 1.82) is 0 Å². The van der Waals surface area contributed by atoms with E-state index in [1.54, 1.807) is 6.20 Å². The summed E-state index contributed by atoms with van der Waals surface area (Å²) in [6.45, 7) is 1.68. The van der Waals surface area contributed by atoms with E-state index < -0.39 is 0 Å². The van der Waals surface area contributed by atoms with Gasteiger partial charge in [-0.1, -0.05) is 17.7 Å². The summed E-state index contributed by atoms with van der Waals surface area (Å²) in [4.78, 5) is 8.90. The molecule has 0 radical (unpaired) electrons. The van der Waals surface area contributed by atoms with E-state index in [-0.39, 0.29) is 12.1 Å². The Morgan fingerprint density at radius 2 is 1.93 bits per heavy atom. The molecule has 0 amide bonds. The largest absolute Gasteiger partial charge is 0.459 e. The van der Waals surface area contributed by atoms with Crippen molar-refractivity contribution in [2.45, 2.75) is 12.1 Å². The molecule has 2 aromatic heterocycles. The first kappa shape index (κ1) is 19.9. The van der Waals surface area contributed by atoms with Gasteiger partial charge in [-0.25, -0.2) is 0 Å². The van der Waals surface area contributed by atoms with Gasteiger partial charge in [-0.05, 0) is 74.8 Å². The summed E-state index contributed by atoms with van der Waals surface area (Å²) in [7, 11) is 4.12. The van der Waals surface area contributed by atoms with Crippen LogP contribution in [0.5, 0.6) is 0 Å². The van der Waals surface area contributed by atoms with E-state index >= 15 is 0 Å². The molecule has 1 aliphatic heterocycles. The maximum absolute atomic E-state index is 6.30. The summed E-state index contributed by atoms with van der Waals surface area (Å²) < 4.78 is 6.30. The zero-order valence-electron chi connectivity index (χ0n) is 16.4. The number of nitrogens with one attached hydrogen (secondary N) is 1. The molecule has 1 aromatic carbocycles. The number of halogens is 1. The topological polar surface area (TPSA) is 44.5 Å². The highest BCUT2D eigenvalue weighted by Gasteiger charge is 2.41. The van der Waals surface area contributed by atoms with Gasteiger partial charge in [0.2, 0.25) is 0 Å². The Labute approximate surface area is 181 Å². The Balaban J connectivity index is 1.69. The van der Waals surface area contributed by atoms with Crippen LogP contribution in [0.4, 0.5) is 0 Å². The SMILES string of the molecule is CN(C)CCN1C(=S)NC(c2ccccn2)C1c1ccc(-c2ccc(Cl)cc2)o1. The van der Waals surface area contributed by atoms with Gasteiger partial charge in [0, 0.05) is 29.9 Å². The number of pyridine rings is 1. The fraction of sp³-hybridized carbons (Fsp3) is 0.273. The predicted molar refractivity (Wildman–Crippen MR) is 120 cm³/mol. The summed E-state index contributed by atoms with van der Waals surface area (Å²) in [6.07, 6.45) is 1.81. The van der Waals surface area contributed by atoms with Crippen molar-refractivity contribution in [3.8, 4) is 11.3 Å². The molecule has 2 unspecified atom stereocenters. The molecule has 0 saturated carbocycles. The minimum absolute atomic E-state index is 0.0709. The summed E-state index contributed by atoms with van der Waals surface area (Å²) in [5.74, 6) is 1.67. The maximum atomic E-state index is 6.30. The summed E-state index contributed by atoms with van der Waals surface area (Å²) in [6, 6.07) is 17.5. The summed E-state index contributed by atoms with van der Waals surface area (Å²) in [5.41, 5.74) is 1.93. The van der Waals surface area contributed by atoms with Crippen LogP contribution in [0.1, 0.15) is 23.5 Å². The van der Waals surface area contributed by atoms with Crippen LogP contribution in [0.25, 0.3) is 11.3 Å². The number of furan rings is 1. The van der Waals surface area contributed by atoms with Gasteiger partial charge in [-0.15, -0.1) is 0 Å². The molecule has 29 heavy (non-hydrogen) atoms. The molecule has 0 bridgehead atoms. The number of thiocarbonyl (C=S) groups is 1. The van der Waals surface area contributed by atoms with E-state index in [4.69, 9.17) is 28.2 Å². The minimum atomic E-state index is -0.0740. The lowest BCUT2D eigenvalue weighted by molar-refractivity contribution is 0.250. The normalized spacial score (nSPS) is 19.0. The van der Waals surface area contributed by atoms with Crippen LogP contribution in [0.2, 0.25) is 5.02 Å². The highest BCUT2D eigenvalue weighted by atomic mass is 35.5. The quantitative estimate of drug-likeness (QED) is 0.584. The number of likely N-dealkylation sites (N-methyl/N-ethyl adjacent to an activating group) is 1. The molecule has 150 valence electrons. The van der Waals surface area contributed by atoms with Gasteiger partial charge in [0.05, 0.1) is 11.7 Å². The summed E-state index contributed by atoms with van der Waals surface area (Å²) in [5, 5.41) is 4.87. The molecule has 1 saturated heterocycles. The molecule has 1 fully saturated rings. The molecule has 4 rings (SSSR count). The van der Waals surface area contributed by atoms with E-state index in [0.29, 0.717) is 5.02 Å². The van der Waals surface area contributed by atoms with Crippen LogP contribution in [0, 0.1) is 0 Å². The lowest BCUT2D eigenvalue weighted by Gasteiger charge is -2.27. The third-order valence-electron chi connectivity index (χ3n) is 5.03. The van der Waals surface area contributed by atoms with E-state index in [1.165, 1.54) is 0 Å². The minimum Gasteiger partial charge on any atom is -0.459 e. The molecule has 3 heterocycles. The zero-order valence-corrected chi connectivity index (χ0v) is 18.0. The van der Waals surface area contributed by atoms with E-state index in [2.05, 4.69) is 34.2 Å². The second kappa shape index (κ2) is 8.53. The fourth-order valence-corrected chi connectivity index (χ4v) is 4.00. The Hall–Kier alpha value is -2.41. The van der Waals surface area contributed by atoms with Crippen LogP contribution in [-0.2, 0) is 0 Å². The summed E-state index contributed by atoms with van der Waals surface area (Å²) >= 11 is 11.7. The van der Waals surface area contributed by atoms with Crippen molar-refractivity contribution < 1.29 is 4.42 Å². The molecule has 1 aliphatic rings. The molecule has 3 aromatic rings. The van der Waals surface area contributed by atoms with Crippen molar-refractivity contribution >= 4 is 28.9 Å². The fourth-order valence-electron chi connectivity index (χ4n) is 3.54. The molecule has 0 spiro atoms. The average Bonchev–Trinajstić information content (AvgIpc) is 3.32. The molecule has 0 aliphatic carbocycles. The van der Waals surface area contributed by atoms with Crippen molar-refractivity contribution in [1.82, 2.24) is 20.1 Å². The van der Waals surface area contributed by atoms with Gasteiger partial charge in [0.15, 0.2) is 5.11 Å². The average molecular weight is 427 g/mol. The third kappa shape index (κ3) is 4.29. The molecule has 2 atom stereocenters. The third-order valence-corrected chi connectivity index (χ3v) is 5.64. The lowest BCUT2D eigenvalue weighted by atomic mass is 10.0. The highest BCUT2D eigenvalue weighted by molar-refractivity contribution is 7.80. The molecule has 5 nitrogen and oxygen atoms in total. The van der Waals surface area contributed by atoms with Crippen molar-refractivity contribution in [2.24, 2.45) is 0 Å². The van der Waals surface area contributed by atoms with Gasteiger partial charge >= 0.3 is 0 Å². The van der Waals surface area contributed by atoms with Crippen LogP contribution >= 0.6 is 23.8 Å². The highest BCUT2D eigenvalue weighted by Crippen LogP contribution is 2.40. The number of nitrogens with zero attached hydrogens (tertiary/aromatic N) is 3. The van der Waals surface area contributed by atoms with E-state index in [1.807, 2.05) is 54.6 Å². The van der Waals surface area contributed by atoms with Gasteiger partial charge in [-0.2, -0.15) is 0 Å². The molecular weight excluding hydrogens is 404 g/mol. The number of rotatable bonds is 6. The van der Waals surface area contributed by atoms with Crippen LogP contribution in [-0.4, -0.2) is 47.1 Å². The van der Waals surface area contributed by atoms with Crippen LogP contribution in [0.15, 0.2) is 65.2 Å². The first-order chi connectivity index (χ1) is 14.0. The standard InChI is InChI=1S/C22H23ClN4OS/c1-26(2)13-14-27-21(20(25-22(27)29)17-5-3-4-12-24-17)19-11-10-18(28-19)15-6-8-16(23)9-7-15/h3-12,20-21H,13-14H2,1-2H3,(H,25,29). The van der Waals surface area contributed by atoms with Gasteiger partial charge in [-0.3, -0.25) is 4.98 Å². The Morgan fingerprint density at radius 3 is 2.62 bits per heavy atom. The van der Waals surface area contributed by atoms with Crippen molar-refractivity contribution in [3.05, 3.63) is 77.3 Å². The van der Waals surface area contributed by atoms with E-state index in [0.717, 1.165) is 41.0 Å². The lowest BCUT2D eigenvalue weighted by Crippen LogP contribution is -2.35. The predicted octanol–water partition coefficient (Wildman–Crippen LogP) is 4.53. The second-order valence-electron chi connectivity index (χ2n) is 7.33. The Bertz CT molecular complexity index is 974. The Morgan fingerprint density at radius 1 is 1.14 bits per heavy atom. The Kier molecular flexibility index (Phi) is 5.85. The van der Waals surface area contributed by atoms with E-state index in [9.17, 15) is 0 Å². The number of hydrogen-bond acceptors (Lipinski definition) is 4. The van der Waals surface area contributed by atoms with Gasteiger partial charge < -0.3 is 19.5 Å². The monoisotopic (exact) mass is 426 g/mol. The zero-order chi connectivity index (χ0) is 20.4. The van der Waals surface area contributed by atoms with Crippen LogP contribution < -0.4 is 5.32 Å². The maximum Gasteiger partial charge on any atom is 0.170 e. The molecular formula is C22H23ClN4OS.